The molecule has 0 unspecified atom stereocenters. The van der Waals surface area contributed by atoms with Crippen LogP contribution in [-0.2, 0) is 18.3 Å². The van der Waals surface area contributed by atoms with E-state index in [-0.39, 0.29) is 0 Å². The third-order valence-corrected chi connectivity index (χ3v) is 3.33. The summed E-state index contributed by atoms with van der Waals surface area (Å²) in [7, 11) is 1.58. The minimum Gasteiger partial charge on any atom is -0.338 e. The smallest absolute Gasteiger partial charge is 0.338 e. The van der Waals surface area contributed by atoms with Crippen LogP contribution in [0.3, 0.4) is 0 Å². The van der Waals surface area contributed by atoms with Crippen LogP contribution < -0.4 is 16.9 Å². The van der Waals surface area contributed by atoms with E-state index < -0.39 is 16.7 Å². The van der Waals surface area contributed by atoms with Gasteiger partial charge in [0.2, 0.25) is 5.89 Å². The number of nitrogens with two attached hydrogens (primary N) is 1. The molecule has 2 rings (SSSR count). The zero-order valence-electron chi connectivity index (χ0n) is 11.2. The summed E-state index contributed by atoms with van der Waals surface area (Å²) in [5, 5.41) is 6.48. The Hall–Kier alpha value is -1.94. The number of thioether (sulfide) groups is 1. The molecule has 108 valence electrons. The lowest BCUT2D eigenvalue weighted by Gasteiger charge is -2.11. The van der Waals surface area contributed by atoms with Crippen LogP contribution in [0.5, 0.6) is 0 Å². The SMILES string of the molecule is Cn1[nH]c(=O)c(=O)nc1SCc1nc(C(C)(C)N)no1. The maximum absolute atomic E-state index is 11.2. The molecule has 0 atom stereocenters. The molecule has 0 aliphatic carbocycles. The van der Waals surface area contributed by atoms with Gasteiger partial charge in [-0.25, -0.2) is 0 Å². The van der Waals surface area contributed by atoms with Crippen LogP contribution in [0, 0.1) is 0 Å². The maximum Gasteiger partial charge on any atom is 0.339 e. The second-order valence-electron chi connectivity index (χ2n) is 4.72. The first-order chi connectivity index (χ1) is 9.27. The summed E-state index contributed by atoms with van der Waals surface area (Å²) in [5.41, 5.74) is 3.57. The molecule has 2 heterocycles. The van der Waals surface area contributed by atoms with Crippen LogP contribution in [0.4, 0.5) is 0 Å². The summed E-state index contributed by atoms with van der Waals surface area (Å²) in [5.74, 6) is 1.08. The van der Waals surface area contributed by atoms with E-state index in [0.29, 0.717) is 22.6 Å². The van der Waals surface area contributed by atoms with Crippen molar-refractivity contribution in [2.45, 2.75) is 30.3 Å². The number of rotatable bonds is 4. The van der Waals surface area contributed by atoms with E-state index in [1.807, 2.05) is 0 Å². The van der Waals surface area contributed by atoms with Crippen molar-refractivity contribution in [3.8, 4) is 0 Å². The van der Waals surface area contributed by atoms with Crippen molar-refractivity contribution >= 4 is 11.8 Å². The number of nitrogens with zero attached hydrogens (tertiary/aromatic N) is 4. The molecular formula is C10H14N6O3S. The van der Waals surface area contributed by atoms with E-state index in [4.69, 9.17) is 10.3 Å². The molecule has 0 aliphatic heterocycles. The molecule has 0 radical (unpaired) electrons. The largest absolute Gasteiger partial charge is 0.339 e. The molecular weight excluding hydrogens is 284 g/mol. The zero-order chi connectivity index (χ0) is 14.9. The fourth-order valence-corrected chi connectivity index (χ4v) is 2.05. The van der Waals surface area contributed by atoms with Crippen molar-refractivity contribution in [3.63, 3.8) is 0 Å². The van der Waals surface area contributed by atoms with Crippen LogP contribution in [0.25, 0.3) is 0 Å². The Morgan fingerprint density at radius 1 is 1.40 bits per heavy atom. The Morgan fingerprint density at radius 2 is 2.10 bits per heavy atom. The lowest BCUT2D eigenvalue weighted by Crippen LogP contribution is -2.33. The van der Waals surface area contributed by atoms with Gasteiger partial charge in [-0.15, -0.1) is 0 Å². The number of nitrogens with one attached hydrogen (secondary N) is 1. The van der Waals surface area contributed by atoms with Gasteiger partial charge in [-0.2, -0.15) is 9.97 Å². The molecule has 0 saturated heterocycles. The van der Waals surface area contributed by atoms with E-state index in [2.05, 4.69) is 20.2 Å². The minimum absolute atomic E-state index is 0.315. The average molecular weight is 298 g/mol. The molecule has 0 bridgehead atoms. The highest BCUT2D eigenvalue weighted by atomic mass is 32.2. The van der Waals surface area contributed by atoms with Crippen LogP contribution in [0.1, 0.15) is 25.6 Å². The Morgan fingerprint density at radius 3 is 2.70 bits per heavy atom. The number of aromatic nitrogens is 5. The number of H-pyrrole nitrogens is 1. The Balaban J connectivity index is 2.13. The quantitative estimate of drug-likeness (QED) is 0.561. The first-order valence-corrected chi connectivity index (χ1v) is 6.68. The molecule has 9 nitrogen and oxygen atoms in total. The molecule has 2 aromatic rings. The first kappa shape index (κ1) is 14.5. The Kier molecular flexibility index (Phi) is 3.77. The van der Waals surface area contributed by atoms with Gasteiger partial charge in [-0.1, -0.05) is 16.9 Å². The molecule has 20 heavy (non-hydrogen) atoms. The number of hydrogen-bond acceptors (Lipinski definition) is 8. The number of aryl methyl sites for hydroxylation is 1. The third kappa shape index (κ3) is 3.14. The summed E-state index contributed by atoms with van der Waals surface area (Å²) < 4.78 is 6.42. The van der Waals surface area contributed by atoms with Gasteiger partial charge in [0.15, 0.2) is 11.0 Å². The molecule has 0 saturated carbocycles. The monoisotopic (exact) mass is 298 g/mol. The van der Waals surface area contributed by atoms with E-state index in [0.717, 1.165) is 0 Å². The molecule has 0 aromatic carbocycles. The van der Waals surface area contributed by atoms with Crippen molar-refractivity contribution < 1.29 is 4.52 Å². The predicted molar refractivity (Wildman–Crippen MR) is 71.2 cm³/mol. The summed E-state index contributed by atoms with van der Waals surface area (Å²) in [6.45, 7) is 3.53. The summed E-state index contributed by atoms with van der Waals surface area (Å²) in [6.07, 6.45) is 0. The highest BCUT2D eigenvalue weighted by molar-refractivity contribution is 7.98. The molecule has 0 fully saturated rings. The normalized spacial score (nSPS) is 11.8. The lowest BCUT2D eigenvalue weighted by molar-refractivity contribution is 0.369. The van der Waals surface area contributed by atoms with E-state index in [1.165, 1.54) is 16.4 Å². The van der Waals surface area contributed by atoms with Crippen LogP contribution >= 0.6 is 11.8 Å². The zero-order valence-corrected chi connectivity index (χ0v) is 12.0. The molecule has 10 heteroatoms. The van der Waals surface area contributed by atoms with Crippen molar-refractivity contribution in [3.05, 3.63) is 32.4 Å². The number of hydrogen-bond donors (Lipinski definition) is 2. The van der Waals surface area contributed by atoms with Crippen molar-refractivity contribution in [2.24, 2.45) is 12.8 Å². The molecule has 0 spiro atoms. The van der Waals surface area contributed by atoms with Gasteiger partial charge in [0.1, 0.15) is 0 Å². The predicted octanol–water partition coefficient (Wildman–Crippen LogP) is -0.662. The van der Waals surface area contributed by atoms with Crippen LogP contribution in [-0.4, -0.2) is 24.9 Å². The van der Waals surface area contributed by atoms with Gasteiger partial charge in [-0.05, 0) is 13.8 Å². The van der Waals surface area contributed by atoms with Gasteiger partial charge < -0.3 is 10.3 Å². The summed E-state index contributed by atoms with van der Waals surface area (Å²) in [6, 6.07) is 0. The lowest BCUT2D eigenvalue weighted by atomic mass is 10.1. The standard InChI is InChI=1S/C10H14N6O3S/c1-10(2,11)8-12-5(19-15-8)4-20-9-13-6(17)7(18)14-16(9)3/h4,11H2,1-3H3,(H,14,18). The maximum atomic E-state index is 11.2. The topological polar surface area (TPSA) is 133 Å². The fourth-order valence-electron chi connectivity index (χ4n) is 1.29. The molecule has 3 N–H and O–H groups in total. The Labute approximate surface area is 117 Å². The molecule has 0 amide bonds. The first-order valence-electron chi connectivity index (χ1n) is 5.69. The average Bonchev–Trinajstić information content (AvgIpc) is 2.80. The van der Waals surface area contributed by atoms with Gasteiger partial charge in [0.05, 0.1) is 11.3 Å². The van der Waals surface area contributed by atoms with E-state index in [1.54, 1.807) is 20.9 Å². The fraction of sp³-hybridized carbons (Fsp3) is 0.500. The second-order valence-corrected chi connectivity index (χ2v) is 5.66. The van der Waals surface area contributed by atoms with Crippen LogP contribution in [0.2, 0.25) is 0 Å². The van der Waals surface area contributed by atoms with Gasteiger partial charge in [0, 0.05) is 7.05 Å². The van der Waals surface area contributed by atoms with Crippen molar-refractivity contribution in [1.29, 1.82) is 0 Å². The van der Waals surface area contributed by atoms with Crippen LogP contribution in [0.15, 0.2) is 19.3 Å². The number of aromatic amines is 1. The highest BCUT2D eigenvalue weighted by Crippen LogP contribution is 2.19. The minimum atomic E-state index is -0.833. The highest BCUT2D eigenvalue weighted by Gasteiger charge is 2.21. The van der Waals surface area contributed by atoms with Crippen molar-refractivity contribution in [1.82, 2.24) is 24.9 Å². The van der Waals surface area contributed by atoms with Crippen molar-refractivity contribution in [2.75, 3.05) is 0 Å². The van der Waals surface area contributed by atoms with E-state index in [9.17, 15) is 9.59 Å². The van der Waals surface area contributed by atoms with Gasteiger partial charge in [-0.3, -0.25) is 19.4 Å². The molecule has 0 aliphatic rings. The Bertz CT molecular complexity index is 726. The summed E-state index contributed by atoms with van der Waals surface area (Å²) in [4.78, 5) is 30.1. The molecule has 2 aromatic heterocycles. The van der Waals surface area contributed by atoms with Gasteiger partial charge >= 0.3 is 11.1 Å². The van der Waals surface area contributed by atoms with Gasteiger partial charge in [0.25, 0.3) is 0 Å². The van der Waals surface area contributed by atoms with E-state index >= 15 is 0 Å². The third-order valence-electron chi connectivity index (χ3n) is 2.32. The second kappa shape index (κ2) is 5.21. The summed E-state index contributed by atoms with van der Waals surface area (Å²) >= 11 is 1.19.